The lowest BCUT2D eigenvalue weighted by atomic mass is 10.1. The molecule has 8 nitrogen and oxygen atoms in total. The second-order valence-corrected chi connectivity index (χ2v) is 9.26. The Balaban J connectivity index is 2.17. The zero-order valence-electron chi connectivity index (χ0n) is 19.0. The fourth-order valence-electron chi connectivity index (χ4n) is 3.22. The van der Waals surface area contributed by atoms with Gasteiger partial charge < -0.3 is 9.64 Å². The Kier molecular flexibility index (Phi) is 6.40. The minimum Gasteiger partial charge on any atom is -0.443 e. The second-order valence-electron chi connectivity index (χ2n) is 8.87. The average molecular weight is 445 g/mol. The summed E-state index contributed by atoms with van der Waals surface area (Å²) in [5.74, 6) is 1.44. The molecule has 0 fully saturated rings. The van der Waals surface area contributed by atoms with Crippen molar-refractivity contribution in [1.29, 1.82) is 0 Å². The first kappa shape index (κ1) is 22.8. The van der Waals surface area contributed by atoms with Crippen LogP contribution in [0, 0.1) is 0 Å². The van der Waals surface area contributed by atoms with E-state index in [2.05, 4.69) is 28.9 Å². The van der Waals surface area contributed by atoms with Crippen LogP contribution in [0.3, 0.4) is 0 Å². The van der Waals surface area contributed by atoms with Crippen LogP contribution in [0.5, 0.6) is 0 Å². The van der Waals surface area contributed by atoms with Gasteiger partial charge in [0.15, 0.2) is 5.65 Å². The molecule has 0 unspecified atom stereocenters. The molecule has 3 aromatic rings. The number of halogens is 1. The molecule has 0 spiro atoms. The number of amides is 1. The van der Waals surface area contributed by atoms with Gasteiger partial charge in [-0.05, 0) is 32.8 Å². The molecule has 0 aromatic carbocycles. The van der Waals surface area contributed by atoms with Gasteiger partial charge in [0.2, 0.25) is 0 Å². The highest BCUT2D eigenvalue weighted by molar-refractivity contribution is 6.29. The third kappa shape index (κ3) is 5.07. The molecule has 31 heavy (non-hydrogen) atoms. The topological polar surface area (TPSA) is 75.9 Å². The Morgan fingerprint density at radius 2 is 2.00 bits per heavy atom. The summed E-state index contributed by atoms with van der Waals surface area (Å²) in [7, 11) is 3.82. The van der Waals surface area contributed by atoms with Crippen molar-refractivity contribution in [2.75, 3.05) is 23.9 Å². The highest BCUT2D eigenvalue weighted by Gasteiger charge is 2.28. The lowest BCUT2D eigenvalue weighted by molar-refractivity contribution is 0.0575. The summed E-state index contributed by atoms with van der Waals surface area (Å²) in [6.45, 7) is 9.84. The van der Waals surface area contributed by atoms with E-state index in [0.29, 0.717) is 11.5 Å². The van der Waals surface area contributed by atoms with Gasteiger partial charge in [-0.2, -0.15) is 9.61 Å². The van der Waals surface area contributed by atoms with Crippen LogP contribution >= 0.6 is 11.6 Å². The minimum absolute atomic E-state index is 0.199. The third-order valence-electron chi connectivity index (χ3n) is 4.58. The van der Waals surface area contributed by atoms with Crippen LogP contribution in [0.25, 0.3) is 5.65 Å². The zero-order chi connectivity index (χ0) is 22.9. The molecule has 0 radical (unpaired) electrons. The first-order valence-electron chi connectivity index (χ1n) is 10.1. The first-order valence-corrected chi connectivity index (χ1v) is 10.5. The van der Waals surface area contributed by atoms with Crippen molar-refractivity contribution < 1.29 is 9.53 Å². The SMILES string of the molecule is CC(C)c1cnn2c(N(Cc3cccnc3N(C)C)C(=O)OC(C)(C)C)cc(Cl)nc12. The highest BCUT2D eigenvalue weighted by atomic mass is 35.5. The van der Waals surface area contributed by atoms with Gasteiger partial charge in [0.05, 0.1) is 12.7 Å². The molecule has 0 N–H and O–H groups in total. The molecule has 0 aliphatic carbocycles. The fourth-order valence-corrected chi connectivity index (χ4v) is 3.40. The van der Waals surface area contributed by atoms with Crippen molar-refractivity contribution >= 4 is 35.0 Å². The molecule has 3 aromatic heterocycles. The zero-order valence-corrected chi connectivity index (χ0v) is 19.8. The first-order chi connectivity index (χ1) is 14.5. The molecule has 3 rings (SSSR count). The molecule has 0 saturated carbocycles. The van der Waals surface area contributed by atoms with Crippen LogP contribution in [-0.2, 0) is 11.3 Å². The molecule has 0 aliphatic rings. The van der Waals surface area contributed by atoms with Crippen molar-refractivity contribution in [2.45, 2.75) is 52.7 Å². The molecule has 0 saturated heterocycles. The predicted octanol–water partition coefficient (Wildman–Crippen LogP) is 4.91. The molecule has 3 heterocycles. The van der Waals surface area contributed by atoms with Gasteiger partial charge in [-0.15, -0.1) is 0 Å². The number of aromatic nitrogens is 4. The number of anilines is 2. The van der Waals surface area contributed by atoms with Gasteiger partial charge in [-0.1, -0.05) is 31.5 Å². The van der Waals surface area contributed by atoms with Crippen molar-refractivity contribution in [1.82, 2.24) is 19.6 Å². The maximum atomic E-state index is 13.3. The Morgan fingerprint density at radius 3 is 2.61 bits per heavy atom. The summed E-state index contributed by atoms with van der Waals surface area (Å²) in [5, 5.41) is 4.78. The predicted molar refractivity (Wildman–Crippen MR) is 123 cm³/mol. The Labute approximate surface area is 187 Å². The molecule has 0 aliphatic heterocycles. The van der Waals surface area contributed by atoms with Crippen molar-refractivity contribution in [3.05, 3.63) is 46.9 Å². The molecule has 0 bridgehead atoms. The number of rotatable bonds is 5. The second kappa shape index (κ2) is 8.70. The smallest absolute Gasteiger partial charge is 0.416 e. The van der Waals surface area contributed by atoms with Crippen LogP contribution in [0.1, 0.15) is 51.7 Å². The molecule has 166 valence electrons. The molecule has 0 atom stereocenters. The maximum absolute atomic E-state index is 13.3. The van der Waals surface area contributed by atoms with Crippen LogP contribution in [0.15, 0.2) is 30.6 Å². The van der Waals surface area contributed by atoms with E-state index in [1.807, 2.05) is 51.9 Å². The van der Waals surface area contributed by atoms with Crippen molar-refractivity contribution in [2.24, 2.45) is 0 Å². The number of nitrogens with zero attached hydrogens (tertiary/aromatic N) is 6. The standard InChI is InChI=1S/C22H29ClN6O2/c1-14(2)16-12-25-29-18(11-17(23)26-20(16)29)28(21(30)31-22(3,4)5)13-15-9-8-10-24-19(15)27(6)7/h8-12,14H,13H2,1-7H3. The lowest BCUT2D eigenvalue weighted by Crippen LogP contribution is -2.38. The fraction of sp³-hybridized carbons (Fsp3) is 0.455. The van der Waals surface area contributed by atoms with Gasteiger partial charge in [-0.25, -0.2) is 14.8 Å². The van der Waals surface area contributed by atoms with Gasteiger partial charge in [0.1, 0.15) is 22.4 Å². The monoisotopic (exact) mass is 444 g/mol. The van der Waals surface area contributed by atoms with Crippen molar-refractivity contribution in [3.63, 3.8) is 0 Å². The average Bonchev–Trinajstić information content (AvgIpc) is 3.08. The van der Waals surface area contributed by atoms with E-state index in [1.54, 1.807) is 23.0 Å². The number of hydrogen-bond acceptors (Lipinski definition) is 6. The third-order valence-corrected chi connectivity index (χ3v) is 4.77. The summed E-state index contributed by atoms with van der Waals surface area (Å²) in [6.07, 6.45) is 2.97. The van der Waals surface area contributed by atoms with E-state index in [1.165, 1.54) is 4.90 Å². The quantitative estimate of drug-likeness (QED) is 0.520. The van der Waals surface area contributed by atoms with E-state index in [-0.39, 0.29) is 17.6 Å². The van der Waals surface area contributed by atoms with Gasteiger partial charge >= 0.3 is 6.09 Å². The number of carbonyl (C=O) groups is 1. The Bertz CT molecular complexity index is 1090. The summed E-state index contributed by atoms with van der Waals surface area (Å²) in [5.41, 5.74) is 1.75. The van der Waals surface area contributed by atoms with E-state index in [4.69, 9.17) is 16.3 Å². The summed E-state index contributed by atoms with van der Waals surface area (Å²) in [6, 6.07) is 5.40. The van der Waals surface area contributed by atoms with Crippen LogP contribution in [-0.4, -0.2) is 45.4 Å². The van der Waals surface area contributed by atoms with Crippen LogP contribution < -0.4 is 9.80 Å². The van der Waals surface area contributed by atoms with E-state index < -0.39 is 11.7 Å². The number of carbonyl (C=O) groups excluding carboxylic acids is 1. The van der Waals surface area contributed by atoms with Crippen LogP contribution in [0.4, 0.5) is 16.4 Å². The number of hydrogen-bond donors (Lipinski definition) is 0. The minimum atomic E-state index is -0.669. The Morgan fingerprint density at radius 1 is 1.29 bits per heavy atom. The van der Waals surface area contributed by atoms with E-state index in [9.17, 15) is 4.79 Å². The van der Waals surface area contributed by atoms with Gasteiger partial charge in [0.25, 0.3) is 0 Å². The number of fused-ring (bicyclic) bond motifs is 1. The normalized spacial score (nSPS) is 11.8. The Hall–Kier alpha value is -2.87. The lowest BCUT2D eigenvalue weighted by Gasteiger charge is -2.28. The number of ether oxygens (including phenoxy) is 1. The van der Waals surface area contributed by atoms with E-state index in [0.717, 1.165) is 16.9 Å². The van der Waals surface area contributed by atoms with Gasteiger partial charge in [0, 0.05) is 37.5 Å². The van der Waals surface area contributed by atoms with Crippen molar-refractivity contribution in [3.8, 4) is 0 Å². The highest BCUT2D eigenvalue weighted by Crippen LogP contribution is 2.29. The molecule has 9 heteroatoms. The summed E-state index contributed by atoms with van der Waals surface area (Å²) in [4.78, 5) is 25.6. The molecular weight excluding hydrogens is 416 g/mol. The summed E-state index contributed by atoms with van der Waals surface area (Å²) < 4.78 is 7.35. The largest absolute Gasteiger partial charge is 0.443 e. The maximum Gasteiger partial charge on any atom is 0.416 e. The number of pyridine rings is 1. The molecule has 1 amide bonds. The van der Waals surface area contributed by atoms with Gasteiger partial charge in [-0.3, -0.25) is 4.90 Å². The molecular formula is C22H29ClN6O2. The van der Waals surface area contributed by atoms with Crippen LogP contribution in [0.2, 0.25) is 5.15 Å². The van der Waals surface area contributed by atoms with E-state index >= 15 is 0 Å². The summed E-state index contributed by atoms with van der Waals surface area (Å²) >= 11 is 6.37.